The summed E-state index contributed by atoms with van der Waals surface area (Å²) in [6, 6.07) is 10.9. The molecule has 0 saturated heterocycles. The van der Waals surface area contributed by atoms with Crippen LogP contribution in [0.2, 0.25) is 0 Å². The van der Waals surface area contributed by atoms with E-state index in [9.17, 15) is 9.00 Å². The average Bonchev–Trinajstić information content (AvgIpc) is 2.53. The van der Waals surface area contributed by atoms with Crippen molar-refractivity contribution in [1.82, 2.24) is 4.98 Å². The van der Waals surface area contributed by atoms with Crippen LogP contribution < -0.4 is 5.32 Å². The Kier molecular flexibility index (Phi) is 6.43. The second-order valence-corrected chi connectivity index (χ2v) is 6.65. The first-order valence-electron chi connectivity index (χ1n) is 7.26. The summed E-state index contributed by atoms with van der Waals surface area (Å²) in [6.45, 7) is 2.27. The van der Waals surface area contributed by atoms with Crippen LogP contribution in [0.4, 0.5) is 5.69 Å². The lowest BCUT2D eigenvalue weighted by atomic mass is 10.1. The number of aromatic nitrogens is 1. The van der Waals surface area contributed by atoms with Gasteiger partial charge in [-0.1, -0.05) is 12.1 Å². The van der Waals surface area contributed by atoms with Gasteiger partial charge in [0.25, 0.3) is 5.91 Å². The SMILES string of the molecule is COCC[S@@](=O)Cc1cccc(NC(=O)c2cccnc2C)c1. The first-order valence-corrected chi connectivity index (χ1v) is 8.75. The number of anilines is 1. The molecule has 2 aromatic rings. The molecule has 2 rings (SSSR count). The third-order valence-corrected chi connectivity index (χ3v) is 4.56. The van der Waals surface area contributed by atoms with Crippen LogP contribution in [0.3, 0.4) is 0 Å². The van der Waals surface area contributed by atoms with Crippen LogP contribution >= 0.6 is 0 Å². The molecule has 0 spiro atoms. The molecule has 122 valence electrons. The van der Waals surface area contributed by atoms with Crippen LogP contribution in [-0.4, -0.2) is 34.6 Å². The number of nitrogens with one attached hydrogen (secondary N) is 1. The number of nitrogens with zero attached hydrogens (tertiary/aromatic N) is 1. The van der Waals surface area contributed by atoms with Gasteiger partial charge in [-0.2, -0.15) is 0 Å². The van der Waals surface area contributed by atoms with Crippen LogP contribution in [0, 0.1) is 6.92 Å². The third-order valence-electron chi connectivity index (χ3n) is 3.28. The summed E-state index contributed by atoms with van der Waals surface area (Å²) in [5.41, 5.74) is 2.82. The zero-order valence-corrected chi connectivity index (χ0v) is 14.1. The zero-order valence-electron chi connectivity index (χ0n) is 13.2. The van der Waals surface area contributed by atoms with Crippen LogP contribution in [0.5, 0.6) is 0 Å². The quantitative estimate of drug-likeness (QED) is 0.846. The molecule has 6 heteroatoms. The summed E-state index contributed by atoms with van der Waals surface area (Å²) in [7, 11) is 0.612. The standard InChI is InChI=1S/C17H20N2O3S/c1-13-16(7-4-8-18-13)17(20)19-15-6-3-5-14(11-15)12-23(21)10-9-22-2/h3-8,11H,9-10,12H2,1-2H3,(H,19,20)/t23-/m1/s1. The number of rotatable bonds is 7. The highest BCUT2D eigenvalue weighted by Gasteiger charge is 2.10. The molecule has 1 atom stereocenters. The van der Waals surface area contributed by atoms with E-state index in [4.69, 9.17) is 4.74 Å². The van der Waals surface area contributed by atoms with Crippen LogP contribution in [0.15, 0.2) is 42.6 Å². The molecule has 5 nitrogen and oxygen atoms in total. The van der Waals surface area contributed by atoms with Crippen molar-refractivity contribution in [2.24, 2.45) is 0 Å². The van der Waals surface area contributed by atoms with E-state index < -0.39 is 10.8 Å². The number of amides is 1. The Labute approximate surface area is 138 Å². The molecule has 0 saturated carbocycles. The van der Waals surface area contributed by atoms with Gasteiger partial charge in [-0.05, 0) is 36.8 Å². The fourth-order valence-corrected chi connectivity index (χ4v) is 3.14. The highest BCUT2D eigenvalue weighted by atomic mass is 32.2. The van der Waals surface area contributed by atoms with E-state index in [1.165, 1.54) is 0 Å². The largest absolute Gasteiger partial charge is 0.384 e. The molecule has 0 aliphatic rings. The molecule has 0 unspecified atom stereocenters. The first kappa shape index (κ1) is 17.3. The van der Waals surface area contributed by atoms with Gasteiger partial charge >= 0.3 is 0 Å². The summed E-state index contributed by atoms with van der Waals surface area (Å²) in [6.07, 6.45) is 1.65. The maximum Gasteiger partial charge on any atom is 0.257 e. The molecule has 1 aromatic carbocycles. The Morgan fingerprint density at radius 2 is 2.13 bits per heavy atom. The van der Waals surface area contributed by atoms with Gasteiger partial charge in [-0.15, -0.1) is 0 Å². The number of carbonyl (C=O) groups is 1. The van der Waals surface area contributed by atoms with E-state index in [-0.39, 0.29) is 5.91 Å². The van der Waals surface area contributed by atoms with Gasteiger partial charge in [-0.3, -0.25) is 14.0 Å². The lowest BCUT2D eigenvalue weighted by molar-refractivity contribution is 0.102. The molecule has 0 bridgehead atoms. The molecule has 0 aliphatic heterocycles. The number of pyridine rings is 1. The minimum absolute atomic E-state index is 0.201. The van der Waals surface area contributed by atoms with Crippen molar-refractivity contribution in [2.75, 3.05) is 24.8 Å². The second kappa shape index (κ2) is 8.55. The first-order chi connectivity index (χ1) is 11.1. The van der Waals surface area contributed by atoms with Crippen molar-refractivity contribution in [1.29, 1.82) is 0 Å². The van der Waals surface area contributed by atoms with Crippen molar-refractivity contribution in [3.63, 3.8) is 0 Å². The summed E-state index contributed by atoms with van der Waals surface area (Å²) in [5, 5.41) is 2.85. The second-order valence-electron chi connectivity index (χ2n) is 5.07. The van der Waals surface area contributed by atoms with Crippen molar-refractivity contribution in [3.05, 3.63) is 59.4 Å². The van der Waals surface area contributed by atoms with Gasteiger partial charge in [0.1, 0.15) is 0 Å². The monoisotopic (exact) mass is 332 g/mol. The van der Waals surface area contributed by atoms with E-state index in [1.54, 1.807) is 32.4 Å². The highest BCUT2D eigenvalue weighted by Crippen LogP contribution is 2.14. The third kappa shape index (κ3) is 5.26. The van der Waals surface area contributed by atoms with Gasteiger partial charge in [0.15, 0.2) is 0 Å². The Morgan fingerprint density at radius 1 is 1.30 bits per heavy atom. The van der Waals surface area contributed by atoms with E-state index in [0.29, 0.717) is 35.1 Å². The minimum Gasteiger partial charge on any atom is -0.384 e. The topological polar surface area (TPSA) is 68.3 Å². The van der Waals surface area contributed by atoms with Gasteiger partial charge in [-0.25, -0.2) is 0 Å². The molecule has 1 amide bonds. The van der Waals surface area contributed by atoms with Crippen LogP contribution in [-0.2, 0) is 21.3 Å². The Morgan fingerprint density at radius 3 is 2.87 bits per heavy atom. The Hall–Kier alpha value is -2.05. The molecule has 23 heavy (non-hydrogen) atoms. The zero-order chi connectivity index (χ0) is 16.7. The summed E-state index contributed by atoms with van der Waals surface area (Å²) in [4.78, 5) is 16.4. The lowest BCUT2D eigenvalue weighted by Gasteiger charge is -2.09. The number of hydrogen-bond acceptors (Lipinski definition) is 4. The fraction of sp³-hybridized carbons (Fsp3) is 0.294. The van der Waals surface area contributed by atoms with E-state index in [2.05, 4.69) is 10.3 Å². The fourth-order valence-electron chi connectivity index (χ4n) is 2.10. The molecule has 1 heterocycles. The predicted octanol–water partition coefficient (Wildman–Crippen LogP) is 2.54. The van der Waals surface area contributed by atoms with Crippen molar-refractivity contribution in [2.45, 2.75) is 12.7 Å². The predicted molar refractivity (Wildman–Crippen MR) is 92.0 cm³/mol. The smallest absolute Gasteiger partial charge is 0.257 e. The molecular formula is C17H20N2O3S. The minimum atomic E-state index is -0.979. The van der Waals surface area contributed by atoms with Gasteiger partial charge < -0.3 is 10.1 Å². The summed E-state index contributed by atoms with van der Waals surface area (Å²) < 4.78 is 16.8. The van der Waals surface area contributed by atoms with Crippen molar-refractivity contribution < 1.29 is 13.7 Å². The van der Waals surface area contributed by atoms with Crippen molar-refractivity contribution >= 4 is 22.4 Å². The van der Waals surface area contributed by atoms with E-state index in [1.807, 2.05) is 24.3 Å². The van der Waals surface area contributed by atoms with E-state index in [0.717, 1.165) is 5.56 Å². The number of carbonyl (C=O) groups excluding carboxylic acids is 1. The van der Waals surface area contributed by atoms with Crippen molar-refractivity contribution in [3.8, 4) is 0 Å². The number of methoxy groups -OCH3 is 1. The Bertz CT molecular complexity index is 704. The molecule has 0 radical (unpaired) electrons. The van der Waals surface area contributed by atoms with Gasteiger partial charge in [0.05, 0.1) is 12.2 Å². The van der Waals surface area contributed by atoms with Crippen LogP contribution in [0.1, 0.15) is 21.6 Å². The number of ether oxygens (including phenoxy) is 1. The summed E-state index contributed by atoms with van der Waals surface area (Å²) in [5.74, 6) is 0.745. The molecule has 1 aromatic heterocycles. The normalized spacial score (nSPS) is 11.9. The van der Waals surface area contributed by atoms with Crippen LogP contribution in [0.25, 0.3) is 0 Å². The number of aryl methyl sites for hydroxylation is 1. The van der Waals surface area contributed by atoms with Gasteiger partial charge in [0, 0.05) is 47.0 Å². The molecular weight excluding hydrogens is 312 g/mol. The lowest BCUT2D eigenvalue weighted by Crippen LogP contribution is -2.14. The van der Waals surface area contributed by atoms with Gasteiger partial charge in [0.2, 0.25) is 0 Å². The highest BCUT2D eigenvalue weighted by molar-refractivity contribution is 7.84. The molecule has 0 aliphatic carbocycles. The molecule has 1 N–H and O–H groups in total. The van der Waals surface area contributed by atoms with E-state index >= 15 is 0 Å². The summed E-state index contributed by atoms with van der Waals surface area (Å²) >= 11 is 0. The number of hydrogen-bond donors (Lipinski definition) is 1. The number of benzene rings is 1. The maximum atomic E-state index is 12.3. The Balaban J connectivity index is 2.04. The molecule has 0 fully saturated rings. The average molecular weight is 332 g/mol. The maximum absolute atomic E-state index is 12.3.